The Hall–Kier alpha value is -2.01. The van der Waals surface area contributed by atoms with Gasteiger partial charge in [-0.05, 0) is 24.1 Å². The number of carbonyl (C=O) groups is 1. The van der Waals surface area contributed by atoms with E-state index in [-0.39, 0.29) is 0 Å². The van der Waals surface area contributed by atoms with Gasteiger partial charge in [0, 0.05) is 10.9 Å². The monoisotopic (exact) mass is 291 g/mol. The lowest BCUT2D eigenvalue weighted by molar-refractivity contribution is 0.0607. The van der Waals surface area contributed by atoms with Crippen molar-refractivity contribution in [1.82, 2.24) is 0 Å². The highest BCUT2D eigenvalue weighted by molar-refractivity contribution is 7.13. The number of carbonyl (C=O) groups excluding carboxylic acids is 1. The van der Waals surface area contributed by atoms with E-state index in [1.807, 2.05) is 29.6 Å². The molecule has 20 heavy (non-hydrogen) atoms. The lowest BCUT2D eigenvalue weighted by Crippen LogP contribution is -2.02. The molecule has 1 heterocycles. The molecule has 1 aromatic carbocycles. The zero-order chi connectivity index (χ0) is 14.5. The summed E-state index contributed by atoms with van der Waals surface area (Å²) in [7, 11) is 1.35. The Morgan fingerprint density at radius 2 is 2.00 bits per heavy atom. The van der Waals surface area contributed by atoms with E-state index < -0.39 is 5.97 Å². The highest BCUT2D eigenvalue weighted by atomic mass is 32.1. The average molecular weight is 291 g/mol. The number of hydrogen-bond acceptors (Lipinski definition) is 5. The van der Waals surface area contributed by atoms with E-state index in [1.54, 1.807) is 0 Å². The third-order valence-corrected chi connectivity index (χ3v) is 3.81. The third kappa shape index (κ3) is 2.93. The van der Waals surface area contributed by atoms with Crippen LogP contribution in [0.3, 0.4) is 0 Å². The van der Waals surface area contributed by atoms with Gasteiger partial charge in [0.1, 0.15) is 10.6 Å². The predicted molar refractivity (Wildman–Crippen MR) is 81.3 cm³/mol. The Labute approximate surface area is 122 Å². The van der Waals surface area contributed by atoms with Crippen molar-refractivity contribution in [3.05, 3.63) is 34.5 Å². The van der Waals surface area contributed by atoms with Gasteiger partial charge in [0.15, 0.2) is 0 Å². The normalized spacial score (nSPS) is 10.3. The lowest BCUT2D eigenvalue weighted by atomic mass is 10.1. The second kappa shape index (κ2) is 6.43. The maximum atomic E-state index is 11.5. The van der Waals surface area contributed by atoms with Crippen LogP contribution in [0.1, 0.15) is 23.0 Å². The molecule has 1 aromatic heterocycles. The summed E-state index contributed by atoms with van der Waals surface area (Å²) in [6, 6.07) is 7.68. The first-order valence-corrected chi connectivity index (χ1v) is 7.23. The molecule has 0 bridgehead atoms. The Balaban J connectivity index is 2.24. The van der Waals surface area contributed by atoms with Crippen molar-refractivity contribution in [3.8, 4) is 16.9 Å². The molecule has 0 aliphatic carbocycles. The maximum absolute atomic E-state index is 11.5. The fourth-order valence-corrected chi connectivity index (χ4v) is 2.71. The molecule has 106 valence electrons. The molecule has 0 atom stereocenters. The first kappa shape index (κ1) is 14.4. The molecular formula is C15H17NO3S. The Kier molecular flexibility index (Phi) is 4.63. The van der Waals surface area contributed by atoms with Crippen LogP contribution in [0.2, 0.25) is 0 Å². The zero-order valence-corrected chi connectivity index (χ0v) is 12.3. The van der Waals surface area contributed by atoms with Crippen molar-refractivity contribution < 1.29 is 14.3 Å². The maximum Gasteiger partial charge on any atom is 0.350 e. The molecule has 0 radical (unpaired) electrons. The molecular weight excluding hydrogens is 274 g/mol. The molecule has 5 heteroatoms. The summed E-state index contributed by atoms with van der Waals surface area (Å²) < 4.78 is 10.2. The van der Waals surface area contributed by atoms with Gasteiger partial charge in [-0.1, -0.05) is 19.1 Å². The molecule has 0 saturated carbocycles. The summed E-state index contributed by atoms with van der Waals surface area (Å²) in [5, 5.41) is 1.86. The van der Waals surface area contributed by atoms with Gasteiger partial charge in [0.25, 0.3) is 0 Å². The minimum atomic E-state index is -0.401. The summed E-state index contributed by atoms with van der Waals surface area (Å²) in [5.41, 5.74) is 8.27. The van der Waals surface area contributed by atoms with Crippen molar-refractivity contribution in [2.45, 2.75) is 13.3 Å². The standard InChI is InChI=1S/C15H17NO3S/c1-3-8-19-11-6-4-10(5-7-11)12-9-20-14(13(12)16)15(17)18-2/h4-7,9H,3,8,16H2,1-2H3. The van der Waals surface area contributed by atoms with Crippen LogP contribution in [-0.4, -0.2) is 19.7 Å². The van der Waals surface area contributed by atoms with E-state index in [2.05, 4.69) is 6.92 Å². The predicted octanol–water partition coefficient (Wildman–Crippen LogP) is 3.57. The topological polar surface area (TPSA) is 61.5 Å². The first-order valence-electron chi connectivity index (χ1n) is 6.35. The van der Waals surface area contributed by atoms with E-state index in [1.165, 1.54) is 18.4 Å². The van der Waals surface area contributed by atoms with Gasteiger partial charge in [0.05, 0.1) is 19.4 Å². The van der Waals surface area contributed by atoms with Gasteiger partial charge in [-0.15, -0.1) is 11.3 Å². The van der Waals surface area contributed by atoms with Gasteiger partial charge < -0.3 is 15.2 Å². The summed E-state index contributed by atoms with van der Waals surface area (Å²) in [5.74, 6) is 0.430. The highest BCUT2D eigenvalue weighted by Gasteiger charge is 2.16. The zero-order valence-electron chi connectivity index (χ0n) is 11.5. The summed E-state index contributed by atoms with van der Waals surface area (Å²) >= 11 is 1.29. The van der Waals surface area contributed by atoms with Crippen LogP contribution < -0.4 is 10.5 Å². The van der Waals surface area contributed by atoms with E-state index >= 15 is 0 Å². The van der Waals surface area contributed by atoms with Crippen LogP contribution in [0.4, 0.5) is 5.69 Å². The van der Waals surface area contributed by atoms with E-state index in [4.69, 9.17) is 15.2 Å². The van der Waals surface area contributed by atoms with Crippen molar-refractivity contribution >= 4 is 23.0 Å². The molecule has 0 saturated heterocycles. The number of benzene rings is 1. The number of thiophene rings is 1. The van der Waals surface area contributed by atoms with Crippen LogP contribution in [0.25, 0.3) is 11.1 Å². The minimum absolute atomic E-state index is 0.401. The molecule has 0 aliphatic rings. The van der Waals surface area contributed by atoms with Gasteiger partial charge in [-0.3, -0.25) is 0 Å². The number of hydrogen-bond donors (Lipinski definition) is 1. The van der Waals surface area contributed by atoms with Gasteiger partial charge in [-0.2, -0.15) is 0 Å². The van der Waals surface area contributed by atoms with Gasteiger partial charge in [-0.25, -0.2) is 4.79 Å². The van der Waals surface area contributed by atoms with Crippen molar-refractivity contribution in [2.75, 3.05) is 19.5 Å². The fraction of sp³-hybridized carbons (Fsp3) is 0.267. The van der Waals surface area contributed by atoms with Crippen molar-refractivity contribution in [1.29, 1.82) is 0 Å². The van der Waals surface area contributed by atoms with Crippen molar-refractivity contribution in [3.63, 3.8) is 0 Å². The first-order chi connectivity index (χ1) is 9.67. The van der Waals surface area contributed by atoms with Gasteiger partial charge in [0.2, 0.25) is 0 Å². The molecule has 0 aliphatic heterocycles. The third-order valence-electron chi connectivity index (χ3n) is 2.84. The summed E-state index contributed by atoms with van der Waals surface area (Å²) in [6.45, 7) is 2.77. The van der Waals surface area contributed by atoms with E-state index in [0.29, 0.717) is 17.2 Å². The van der Waals surface area contributed by atoms with Crippen LogP contribution in [0.5, 0.6) is 5.75 Å². The molecule has 0 fully saturated rings. The number of anilines is 1. The van der Waals surface area contributed by atoms with E-state index in [0.717, 1.165) is 23.3 Å². The number of methoxy groups -OCH3 is 1. The molecule has 4 nitrogen and oxygen atoms in total. The molecule has 0 amide bonds. The Bertz CT molecular complexity index is 590. The number of esters is 1. The number of ether oxygens (including phenoxy) is 2. The second-order valence-electron chi connectivity index (χ2n) is 4.26. The highest BCUT2D eigenvalue weighted by Crippen LogP contribution is 2.35. The van der Waals surface area contributed by atoms with Gasteiger partial charge >= 0.3 is 5.97 Å². The number of rotatable bonds is 5. The number of nitrogens with two attached hydrogens (primary N) is 1. The summed E-state index contributed by atoms with van der Waals surface area (Å²) in [6.07, 6.45) is 0.974. The molecule has 0 spiro atoms. The van der Waals surface area contributed by atoms with Crippen LogP contribution >= 0.6 is 11.3 Å². The second-order valence-corrected chi connectivity index (χ2v) is 5.14. The number of nitrogen functional groups attached to an aromatic ring is 1. The van der Waals surface area contributed by atoms with E-state index in [9.17, 15) is 4.79 Å². The largest absolute Gasteiger partial charge is 0.494 e. The Morgan fingerprint density at radius 1 is 1.30 bits per heavy atom. The Morgan fingerprint density at radius 3 is 2.60 bits per heavy atom. The van der Waals surface area contributed by atoms with Crippen LogP contribution in [0.15, 0.2) is 29.6 Å². The lowest BCUT2D eigenvalue weighted by Gasteiger charge is -2.06. The molecule has 2 N–H and O–H groups in total. The smallest absolute Gasteiger partial charge is 0.350 e. The molecule has 2 rings (SSSR count). The molecule has 0 unspecified atom stereocenters. The minimum Gasteiger partial charge on any atom is -0.494 e. The van der Waals surface area contributed by atoms with Crippen molar-refractivity contribution in [2.24, 2.45) is 0 Å². The SMILES string of the molecule is CCCOc1ccc(-c2csc(C(=O)OC)c2N)cc1. The molecule has 2 aromatic rings. The summed E-state index contributed by atoms with van der Waals surface area (Å²) in [4.78, 5) is 12.0. The fourth-order valence-electron chi connectivity index (χ4n) is 1.79. The van der Waals surface area contributed by atoms with Crippen LogP contribution in [-0.2, 0) is 4.74 Å². The quantitative estimate of drug-likeness (QED) is 0.855. The average Bonchev–Trinajstić information content (AvgIpc) is 2.86. The van der Waals surface area contributed by atoms with Crippen LogP contribution in [0, 0.1) is 0 Å².